The van der Waals surface area contributed by atoms with E-state index >= 15 is 0 Å². The van der Waals surface area contributed by atoms with Gasteiger partial charge in [-0.3, -0.25) is 4.79 Å². The maximum absolute atomic E-state index is 12.8. The Morgan fingerprint density at radius 3 is 2.73 bits per heavy atom. The number of hydrogen-bond acceptors (Lipinski definition) is 4. The summed E-state index contributed by atoms with van der Waals surface area (Å²) in [6, 6.07) is 13.3. The van der Waals surface area contributed by atoms with Crippen molar-refractivity contribution in [2.45, 2.75) is 6.54 Å². The molecule has 0 fully saturated rings. The van der Waals surface area contributed by atoms with Gasteiger partial charge in [0.05, 0.1) is 18.9 Å². The standard InChI is InChI=1S/C20H15ClN2O3/c1-25-15-6-7-18-16(10-15)17(19(24)20-22-8-9-26-20)12-23(18)11-13-2-4-14(21)5-3-13/h2-10,12H,11H2,1H3. The number of carbonyl (C=O) groups excluding carboxylic acids is 1. The molecule has 0 aliphatic carbocycles. The van der Waals surface area contributed by atoms with E-state index in [0.29, 0.717) is 22.9 Å². The van der Waals surface area contributed by atoms with E-state index in [1.54, 1.807) is 7.11 Å². The Kier molecular flexibility index (Phi) is 4.22. The minimum absolute atomic E-state index is 0.0679. The van der Waals surface area contributed by atoms with Crippen LogP contribution in [0.3, 0.4) is 0 Å². The fraction of sp³-hybridized carbons (Fsp3) is 0.100. The lowest BCUT2D eigenvalue weighted by Crippen LogP contribution is -2.01. The highest BCUT2D eigenvalue weighted by Crippen LogP contribution is 2.28. The molecule has 0 atom stereocenters. The van der Waals surface area contributed by atoms with Gasteiger partial charge in [-0.15, -0.1) is 0 Å². The van der Waals surface area contributed by atoms with E-state index in [1.807, 2.05) is 53.2 Å². The van der Waals surface area contributed by atoms with Gasteiger partial charge in [-0.1, -0.05) is 23.7 Å². The average Bonchev–Trinajstić information content (AvgIpc) is 3.31. The average molecular weight is 367 g/mol. The molecular weight excluding hydrogens is 352 g/mol. The summed E-state index contributed by atoms with van der Waals surface area (Å²) >= 11 is 5.96. The Morgan fingerprint density at radius 2 is 2.04 bits per heavy atom. The Bertz CT molecular complexity index is 1070. The molecule has 0 radical (unpaired) electrons. The molecule has 0 bridgehead atoms. The van der Waals surface area contributed by atoms with Gasteiger partial charge in [0.25, 0.3) is 5.89 Å². The smallest absolute Gasteiger partial charge is 0.268 e. The van der Waals surface area contributed by atoms with Gasteiger partial charge in [0.15, 0.2) is 0 Å². The number of oxazole rings is 1. The third kappa shape index (κ3) is 2.97. The van der Waals surface area contributed by atoms with Crippen molar-refractivity contribution in [1.29, 1.82) is 0 Å². The number of rotatable bonds is 5. The molecule has 130 valence electrons. The summed E-state index contributed by atoms with van der Waals surface area (Å²) < 4.78 is 12.5. The zero-order chi connectivity index (χ0) is 18.1. The lowest BCUT2D eigenvalue weighted by molar-refractivity contribution is 0.100. The van der Waals surface area contributed by atoms with Crippen LogP contribution in [0.2, 0.25) is 5.02 Å². The van der Waals surface area contributed by atoms with Crippen molar-refractivity contribution in [3.8, 4) is 5.75 Å². The quantitative estimate of drug-likeness (QED) is 0.485. The number of hydrogen-bond donors (Lipinski definition) is 0. The Morgan fingerprint density at radius 1 is 1.23 bits per heavy atom. The highest BCUT2D eigenvalue weighted by Gasteiger charge is 2.20. The summed E-state index contributed by atoms with van der Waals surface area (Å²) in [5.74, 6) is 0.490. The molecule has 0 saturated carbocycles. The highest BCUT2D eigenvalue weighted by molar-refractivity contribution is 6.30. The van der Waals surface area contributed by atoms with Crippen LogP contribution < -0.4 is 4.74 Å². The van der Waals surface area contributed by atoms with Crippen LogP contribution in [0.5, 0.6) is 5.75 Å². The molecule has 0 spiro atoms. The minimum Gasteiger partial charge on any atom is -0.497 e. The zero-order valence-corrected chi connectivity index (χ0v) is 14.7. The maximum atomic E-state index is 12.8. The number of halogens is 1. The first-order valence-electron chi connectivity index (χ1n) is 8.01. The molecular formula is C20H15ClN2O3. The monoisotopic (exact) mass is 366 g/mol. The van der Waals surface area contributed by atoms with Crippen molar-refractivity contribution in [1.82, 2.24) is 9.55 Å². The Balaban J connectivity index is 1.83. The number of carbonyl (C=O) groups is 1. The lowest BCUT2D eigenvalue weighted by atomic mass is 10.1. The summed E-state index contributed by atoms with van der Waals surface area (Å²) in [5.41, 5.74) is 2.53. The molecule has 0 amide bonds. The number of ether oxygens (including phenoxy) is 1. The minimum atomic E-state index is -0.261. The van der Waals surface area contributed by atoms with Gasteiger partial charge in [0.1, 0.15) is 12.0 Å². The van der Waals surface area contributed by atoms with Gasteiger partial charge in [-0.05, 0) is 35.9 Å². The van der Waals surface area contributed by atoms with E-state index in [4.69, 9.17) is 20.8 Å². The largest absolute Gasteiger partial charge is 0.497 e. The Hall–Kier alpha value is -3.05. The van der Waals surface area contributed by atoms with Crippen LogP contribution in [-0.4, -0.2) is 22.4 Å². The van der Waals surface area contributed by atoms with E-state index in [9.17, 15) is 4.79 Å². The summed E-state index contributed by atoms with van der Waals surface area (Å²) in [6.45, 7) is 0.610. The summed E-state index contributed by atoms with van der Waals surface area (Å²) in [4.78, 5) is 16.8. The fourth-order valence-corrected chi connectivity index (χ4v) is 3.08. The number of aromatic nitrogens is 2. The third-order valence-electron chi connectivity index (χ3n) is 4.23. The first-order valence-corrected chi connectivity index (χ1v) is 8.39. The second-order valence-corrected chi connectivity index (χ2v) is 6.28. The molecule has 0 unspecified atom stereocenters. The van der Waals surface area contributed by atoms with Gasteiger partial charge in [0, 0.05) is 28.7 Å². The summed E-state index contributed by atoms with van der Waals surface area (Å²) in [7, 11) is 1.60. The Labute approximate surface area is 154 Å². The van der Waals surface area contributed by atoms with Crippen LogP contribution in [0.25, 0.3) is 10.9 Å². The van der Waals surface area contributed by atoms with Crippen LogP contribution in [0.15, 0.2) is 65.5 Å². The van der Waals surface area contributed by atoms with E-state index in [-0.39, 0.29) is 11.7 Å². The summed E-state index contributed by atoms with van der Waals surface area (Å²) in [6.07, 6.45) is 4.67. The highest BCUT2D eigenvalue weighted by atomic mass is 35.5. The van der Waals surface area contributed by atoms with Crippen LogP contribution in [0.4, 0.5) is 0 Å². The number of benzene rings is 2. The number of methoxy groups -OCH3 is 1. The molecule has 2 aromatic carbocycles. The predicted octanol–water partition coefficient (Wildman–Crippen LogP) is 4.57. The lowest BCUT2D eigenvalue weighted by Gasteiger charge is -2.06. The summed E-state index contributed by atoms with van der Waals surface area (Å²) in [5, 5.41) is 1.48. The van der Waals surface area contributed by atoms with Gasteiger partial charge in [0.2, 0.25) is 5.78 Å². The molecule has 0 N–H and O–H groups in total. The van der Waals surface area contributed by atoms with Crippen molar-refractivity contribution in [3.63, 3.8) is 0 Å². The van der Waals surface area contributed by atoms with Crippen molar-refractivity contribution < 1.29 is 13.9 Å². The first-order chi connectivity index (χ1) is 12.7. The van der Waals surface area contributed by atoms with Crippen molar-refractivity contribution in [3.05, 3.63) is 83.2 Å². The molecule has 26 heavy (non-hydrogen) atoms. The zero-order valence-electron chi connectivity index (χ0n) is 14.0. The first kappa shape index (κ1) is 16.4. The molecule has 5 nitrogen and oxygen atoms in total. The van der Waals surface area contributed by atoms with Gasteiger partial charge >= 0.3 is 0 Å². The molecule has 2 aromatic heterocycles. The van der Waals surface area contributed by atoms with Crippen LogP contribution in [-0.2, 0) is 6.54 Å². The van der Waals surface area contributed by atoms with Crippen molar-refractivity contribution in [2.75, 3.05) is 7.11 Å². The van der Waals surface area contributed by atoms with E-state index in [0.717, 1.165) is 16.5 Å². The van der Waals surface area contributed by atoms with E-state index < -0.39 is 0 Å². The molecule has 4 aromatic rings. The normalized spacial score (nSPS) is 11.0. The SMILES string of the molecule is COc1ccc2c(c1)c(C(=O)c1ncco1)cn2Cc1ccc(Cl)cc1. The topological polar surface area (TPSA) is 57.3 Å². The van der Waals surface area contributed by atoms with Crippen LogP contribution in [0, 0.1) is 0 Å². The third-order valence-corrected chi connectivity index (χ3v) is 4.48. The molecule has 4 rings (SSSR count). The van der Waals surface area contributed by atoms with E-state index in [1.165, 1.54) is 12.5 Å². The van der Waals surface area contributed by atoms with Gasteiger partial charge < -0.3 is 13.7 Å². The molecule has 2 heterocycles. The predicted molar refractivity (Wildman–Crippen MR) is 99.0 cm³/mol. The number of ketones is 1. The van der Waals surface area contributed by atoms with Crippen molar-refractivity contribution in [2.24, 2.45) is 0 Å². The van der Waals surface area contributed by atoms with Crippen LogP contribution >= 0.6 is 11.6 Å². The fourth-order valence-electron chi connectivity index (χ4n) is 2.95. The van der Waals surface area contributed by atoms with Gasteiger partial charge in [-0.2, -0.15) is 0 Å². The molecule has 6 heteroatoms. The molecule has 0 aliphatic rings. The second-order valence-electron chi connectivity index (χ2n) is 5.85. The molecule has 0 saturated heterocycles. The van der Waals surface area contributed by atoms with Crippen LogP contribution in [0.1, 0.15) is 21.8 Å². The number of nitrogens with zero attached hydrogens (tertiary/aromatic N) is 2. The maximum Gasteiger partial charge on any atom is 0.268 e. The van der Waals surface area contributed by atoms with Crippen molar-refractivity contribution >= 4 is 28.3 Å². The molecule has 0 aliphatic heterocycles. The van der Waals surface area contributed by atoms with E-state index in [2.05, 4.69) is 4.98 Å². The van der Waals surface area contributed by atoms with Gasteiger partial charge in [-0.25, -0.2) is 4.98 Å². The number of fused-ring (bicyclic) bond motifs is 1. The second kappa shape index (κ2) is 6.69.